The third-order valence-electron chi connectivity index (χ3n) is 2.36. The molecule has 2 aromatic rings. The van der Waals surface area contributed by atoms with E-state index in [0.717, 1.165) is 31.7 Å². The van der Waals surface area contributed by atoms with Gasteiger partial charge in [-0.3, -0.25) is 0 Å². The Bertz CT molecular complexity index is 538. The molecule has 2 N–H and O–H groups in total. The van der Waals surface area contributed by atoms with Crippen LogP contribution in [0.3, 0.4) is 0 Å². The van der Waals surface area contributed by atoms with Gasteiger partial charge in [-0.25, -0.2) is 0 Å². The molecule has 0 aliphatic rings. The molecule has 0 fully saturated rings. The molecular weight excluding hydrogens is 346 g/mol. The summed E-state index contributed by atoms with van der Waals surface area (Å²) in [5, 5.41) is 0. The van der Waals surface area contributed by atoms with Gasteiger partial charge in [0.1, 0.15) is 11.5 Å². The molecule has 4 heteroatoms. The molecule has 2 nitrogen and oxygen atoms in total. The van der Waals surface area contributed by atoms with E-state index in [4.69, 9.17) is 10.5 Å². The van der Waals surface area contributed by atoms with Crippen molar-refractivity contribution in [1.29, 1.82) is 0 Å². The van der Waals surface area contributed by atoms with Crippen molar-refractivity contribution in [3.8, 4) is 11.5 Å². The van der Waals surface area contributed by atoms with Crippen molar-refractivity contribution >= 4 is 37.5 Å². The van der Waals surface area contributed by atoms with E-state index in [9.17, 15) is 0 Å². The molecule has 2 aromatic carbocycles. The Labute approximate surface area is 117 Å². The average Bonchev–Trinajstić information content (AvgIpc) is 2.29. The lowest BCUT2D eigenvalue weighted by Gasteiger charge is -2.10. The number of aryl methyl sites for hydroxylation is 1. The maximum absolute atomic E-state index is 5.81. The molecule has 0 aromatic heterocycles. The molecule has 0 amide bonds. The van der Waals surface area contributed by atoms with Crippen molar-refractivity contribution in [1.82, 2.24) is 0 Å². The molecule has 0 heterocycles. The summed E-state index contributed by atoms with van der Waals surface area (Å²) in [5.74, 6) is 1.55. The van der Waals surface area contributed by atoms with Crippen molar-refractivity contribution < 1.29 is 4.74 Å². The van der Waals surface area contributed by atoms with E-state index >= 15 is 0 Å². The number of hydrogen-bond donors (Lipinski definition) is 1. The van der Waals surface area contributed by atoms with Gasteiger partial charge in [0.25, 0.3) is 0 Å². The fourth-order valence-electron chi connectivity index (χ4n) is 1.38. The maximum Gasteiger partial charge on any atom is 0.142 e. The van der Waals surface area contributed by atoms with Gasteiger partial charge in [-0.2, -0.15) is 0 Å². The molecule has 0 unspecified atom stereocenters. The molecule has 0 saturated heterocycles. The first kappa shape index (κ1) is 12.5. The minimum atomic E-state index is 0.750. The number of ether oxygens (including phenoxy) is 1. The summed E-state index contributed by atoms with van der Waals surface area (Å²) in [6, 6.07) is 11.5. The number of nitrogens with two attached hydrogens (primary N) is 1. The van der Waals surface area contributed by atoms with Crippen LogP contribution in [0.2, 0.25) is 0 Å². The Morgan fingerprint density at radius 3 is 2.35 bits per heavy atom. The largest absolute Gasteiger partial charge is 0.456 e. The third kappa shape index (κ3) is 3.01. The van der Waals surface area contributed by atoms with Crippen molar-refractivity contribution in [3.05, 3.63) is 50.9 Å². The minimum absolute atomic E-state index is 0.750. The summed E-state index contributed by atoms with van der Waals surface area (Å²) in [5.41, 5.74) is 7.56. The highest BCUT2D eigenvalue weighted by Crippen LogP contribution is 2.33. The van der Waals surface area contributed by atoms with E-state index in [-0.39, 0.29) is 0 Å². The Hall–Kier alpha value is -1.00. The average molecular weight is 357 g/mol. The summed E-state index contributed by atoms with van der Waals surface area (Å²) >= 11 is 6.82. The lowest BCUT2D eigenvalue weighted by Crippen LogP contribution is -1.92. The van der Waals surface area contributed by atoms with E-state index in [0.29, 0.717) is 0 Å². The monoisotopic (exact) mass is 355 g/mol. The predicted molar refractivity (Wildman–Crippen MR) is 77.5 cm³/mol. The topological polar surface area (TPSA) is 35.2 Å². The van der Waals surface area contributed by atoms with Gasteiger partial charge in [0, 0.05) is 10.2 Å². The Morgan fingerprint density at radius 1 is 1.06 bits per heavy atom. The summed E-state index contributed by atoms with van der Waals surface area (Å²) in [4.78, 5) is 0. The van der Waals surface area contributed by atoms with Crippen LogP contribution < -0.4 is 10.5 Å². The molecule has 0 bridgehead atoms. The molecule has 0 saturated carbocycles. The first-order chi connectivity index (χ1) is 8.06. The number of benzene rings is 2. The first-order valence-corrected chi connectivity index (χ1v) is 6.64. The number of rotatable bonds is 2. The van der Waals surface area contributed by atoms with Crippen molar-refractivity contribution in [2.45, 2.75) is 6.92 Å². The SMILES string of the molecule is Cc1cc(Oc2ccc(Br)cc2)c(Br)cc1N. The molecule has 0 atom stereocenters. The molecule has 0 aliphatic heterocycles. The van der Waals surface area contributed by atoms with Crippen LogP contribution >= 0.6 is 31.9 Å². The van der Waals surface area contributed by atoms with E-state index in [1.54, 1.807) is 0 Å². The van der Waals surface area contributed by atoms with Gasteiger partial charge in [-0.1, -0.05) is 15.9 Å². The third-order valence-corrected chi connectivity index (χ3v) is 3.51. The van der Waals surface area contributed by atoms with Crippen LogP contribution in [0.25, 0.3) is 0 Å². The van der Waals surface area contributed by atoms with Crippen LogP contribution in [0, 0.1) is 6.92 Å². The van der Waals surface area contributed by atoms with Gasteiger partial charge >= 0.3 is 0 Å². The second kappa shape index (κ2) is 5.10. The normalized spacial score (nSPS) is 10.3. The van der Waals surface area contributed by atoms with Gasteiger partial charge in [-0.05, 0) is 64.8 Å². The maximum atomic E-state index is 5.81. The standard InChI is InChI=1S/C13H11Br2NO/c1-8-6-13(11(15)7-12(8)16)17-10-4-2-9(14)3-5-10/h2-7H,16H2,1H3. The summed E-state index contributed by atoms with van der Waals surface area (Å²) in [6.45, 7) is 1.95. The molecule has 0 spiro atoms. The van der Waals surface area contributed by atoms with Gasteiger partial charge in [0.2, 0.25) is 0 Å². The molecule has 88 valence electrons. The molecular formula is C13H11Br2NO. The lowest BCUT2D eigenvalue weighted by atomic mass is 10.2. The van der Waals surface area contributed by atoms with Crippen molar-refractivity contribution in [3.63, 3.8) is 0 Å². The van der Waals surface area contributed by atoms with E-state index < -0.39 is 0 Å². The molecule has 2 rings (SSSR count). The Kier molecular flexibility index (Phi) is 3.74. The first-order valence-electron chi connectivity index (χ1n) is 5.05. The number of anilines is 1. The Balaban J connectivity index is 2.30. The summed E-state index contributed by atoms with van der Waals surface area (Å²) < 4.78 is 7.65. The van der Waals surface area contributed by atoms with E-state index in [1.807, 2.05) is 43.3 Å². The van der Waals surface area contributed by atoms with Crippen LogP contribution in [-0.2, 0) is 0 Å². The van der Waals surface area contributed by atoms with Crippen molar-refractivity contribution in [2.24, 2.45) is 0 Å². The van der Waals surface area contributed by atoms with Gasteiger partial charge in [0.05, 0.1) is 4.47 Å². The number of hydrogen-bond acceptors (Lipinski definition) is 2. The zero-order valence-electron chi connectivity index (χ0n) is 9.21. The highest BCUT2D eigenvalue weighted by Gasteiger charge is 2.05. The predicted octanol–water partition coefficient (Wildman–Crippen LogP) is 4.89. The lowest BCUT2D eigenvalue weighted by molar-refractivity contribution is 0.479. The minimum Gasteiger partial charge on any atom is -0.456 e. The zero-order chi connectivity index (χ0) is 12.4. The fourth-order valence-corrected chi connectivity index (χ4v) is 2.08. The van der Waals surface area contributed by atoms with Gasteiger partial charge in [-0.15, -0.1) is 0 Å². The number of nitrogen functional groups attached to an aromatic ring is 1. The fraction of sp³-hybridized carbons (Fsp3) is 0.0769. The summed E-state index contributed by atoms with van der Waals surface area (Å²) in [6.07, 6.45) is 0. The highest BCUT2D eigenvalue weighted by atomic mass is 79.9. The van der Waals surface area contributed by atoms with Gasteiger partial charge in [0.15, 0.2) is 0 Å². The molecule has 0 aliphatic carbocycles. The van der Waals surface area contributed by atoms with Crippen LogP contribution in [-0.4, -0.2) is 0 Å². The second-order valence-corrected chi connectivity index (χ2v) is 5.47. The van der Waals surface area contributed by atoms with Crippen LogP contribution in [0.4, 0.5) is 5.69 Å². The van der Waals surface area contributed by atoms with Crippen molar-refractivity contribution in [2.75, 3.05) is 5.73 Å². The van der Waals surface area contributed by atoms with Gasteiger partial charge < -0.3 is 10.5 Å². The van der Waals surface area contributed by atoms with Crippen LogP contribution in [0.15, 0.2) is 45.3 Å². The zero-order valence-corrected chi connectivity index (χ0v) is 12.4. The highest BCUT2D eigenvalue weighted by molar-refractivity contribution is 9.10. The Morgan fingerprint density at radius 2 is 1.71 bits per heavy atom. The molecule has 17 heavy (non-hydrogen) atoms. The quantitative estimate of drug-likeness (QED) is 0.777. The van der Waals surface area contributed by atoms with E-state index in [1.165, 1.54) is 0 Å². The van der Waals surface area contributed by atoms with Crippen LogP contribution in [0.5, 0.6) is 11.5 Å². The van der Waals surface area contributed by atoms with E-state index in [2.05, 4.69) is 31.9 Å². The second-order valence-electron chi connectivity index (χ2n) is 3.70. The summed E-state index contributed by atoms with van der Waals surface area (Å²) in [7, 11) is 0. The molecule has 0 radical (unpaired) electrons. The number of halogens is 2. The smallest absolute Gasteiger partial charge is 0.142 e. The van der Waals surface area contributed by atoms with Crippen LogP contribution in [0.1, 0.15) is 5.56 Å².